The molecule has 3 nitrogen and oxygen atoms in total. The Kier molecular flexibility index (Phi) is 4.88. The highest BCUT2D eigenvalue weighted by Gasteiger charge is 2.17. The maximum absolute atomic E-state index is 13.8. The molecule has 0 bridgehead atoms. The molecule has 3 N–H and O–H groups in total. The largest absolute Gasteiger partial charge is 0.496 e. The minimum atomic E-state index is -0.474. The number of aryl methyl sites for hydroxylation is 1. The summed E-state index contributed by atoms with van der Waals surface area (Å²) >= 11 is 0. The van der Waals surface area contributed by atoms with Gasteiger partial charge in [0.2, 0.25) is 0 Å². The quantitative estimate of drug-likeness (QED) is 0.658. The fourth-order valence-electron chi connectivity index (χ4n) is 2.28. The number of methoxy groups -OCH3 is 1. The molecular weight excluding hydrogens is 274 g/mol. The van der Waals surface area contributed by atoms with Crippen molar-refractivity contribution in [3.63, 3.8) is 0 Å². The van der Waals surface area contributed by atoms with Gasteiger partial charge in [-0.25, -0.2) is 8.78 Å². The molecule has 1 atom stereocenters. The van der Waals surface area contributed by atoms with Crippen molar-refractivity contribution >= 4 is 0 Å². The molecule has 0 amide bonds. The Labute approximate surface area is 122 Å². The number of nitrogens with one attached hydrogen (secondary N) is 1. The van der Waals surface area contributed by atoms with Crippen molar-refractivity contribution in [2.45, 2.75) is 19.4 Å². The van der Waals surface area contributed by atoms with E-state index in [1.165, 1.54) is 6.07 Å². The van der Waals surface area contributed by atoms with E-state index in [1.807, 2.05) is 25.1 Å². The summed E-state index contributed by atoms with van der Waals surface area (Å²) in [6.45, 7) is 1.95. The lowest BCUT2D eigenvalue weighted by molar-refractivity contribution is 0.398. The molecule has 5 heteroatoms. The molecule has 1 unspecified atom stereocenters. The molecule has 0 heterocycles. The first-order valence-corrected chi connectivity index (χ1v) is 6.59. The first-order valence-electron chi connectivity index (χ1n) is 6.59. The van der Waals surface area contributed by atoms with Crippen LogP contribution in [0.3, 0.4) is 0 Å². The lowest BCUT2D eigenvalue weighted by atomic mass is 9.97. The minimum absolute atomic E-state index is 0.222. The molecule has 0 fully saturated rings. The van der Waals surface area contributed by atoms with Gasteiger partial charge in [0.05, 0.1) is 13.2 Å². The maximum Gasteiger partial charge on any atom is 0.126 e. The lowest BCUT2D eigenvalue weighted by Crippen LogP contribution is -2.30. The van der Waals surface area contributed by atoms with E-state index in [4.69, 9.17) is 10.6 Å². The first kappa shape index (κ1) is 15.4. The summed E-state index contributed by atoms with van der Waals surface area (Å²) in [5, 5.41) is 0. The normalized spacial score (nSPS) is 12.2. The van der Waals surface area contributed by atoms with Crippen molar-refractivity contribution in [1.29, 1.82) is 0 Å². The van der Waals surface area contributed by atoms with E-state index in [-0.39, 0.29) is 18.0 Å². The van der Waals surface area contributed by atoms with Crippen LogP contribution in [0, 0.1) is 18.6 Å². The monoisotopic (exact) mass is 292 g/mol. The SMILES string of the molecule is COc1cc(C)ccc1C(Cc1cc(F)ccc1F)NN. The van der Waals surface area contributed by atoms with Gasteiger partial charge >= 0.3 is 0 Å². The van der Waals surface area contributed by atoms with Crippen LogP contribution in [0.15, 0.2) is 36.4 Å². The molecule has 0 aliphatic carbocycles. The van der Waals surface area contributed by atoms with E-state index >= 15 is 0 Å². The van der Waals surface area contributed by atoms with E-state index in [2.05, 4.69) is 5.43 Å². The van der Waals surface area contributed by atoms with Gasteiger partial charge in [-0.3, -0.25) is 11.3 Å². The smallest absolute Gasteiger partial charge is 0.126 e. The van der Waals surface area contributed by atoms with Crippen LogP contribution in [0.1, 0.15) is 22.7 Å². The zero-order valence-electron chi connectivity index (χ0n) is 12.0. The summed E-state index contributed by atoms with van der Waals surface area (Å²) in [4.78, 5) is 0. The molecule has 21 heavy (non-hydrogen) atoms. The third kappa shape index (κ3) is 3.56. The number of hydrogen-bond donors (Lipinski definition) is 2. The summed E-state index contributed by atoms with van der Waals surface area (Å²) in [5.74, 6) is 5.31. The Morgan fingerprint density at radius 3 is 2.62 bits per heavy atom. The predicted octanol–water partition coefficient (Wildman–Crippen LogP) is 3.03. The zero-order valence-corrected chi connectivity index (χ0v) is 12.0. The zero-order chi connectivity index (χ0) is 15.4. The van der Waals surface area contributed by atoms with Gasteiger partial charge in [-0.2, -0.15) is 0 Å². The van der Waals surface area contributed by atoms with Crippen LogP contribution >= 0.6 is 0 Å². The highest BCUT2D eigenvalue weighted by Crippen LogP contribution is 2.29. The molecule has 0 aliphatic rings. The Morgan fingerprint density at radius 1 is 1.19 bits per heavy atom. The van der Waals surface area contributed by atoms with Crippen molar-refractivity contribution in [3.8, 4) is 5.75 Å². The highest BCUT2D eigenvalue weighted by molar-refractivity contribution is 5.40. The summed E-state index contributed by atoms with van der Waals surface area (Å²) in [5.41, 5.74) is 4.75. The average Bonchev–Trinajstić information content (AvgIpc) is 2.48. The molecule has 2 aromatic rings. The van der Waals surface area contributed by atoms with Crippen molar-refractivity contribution in [3.05, 3.63) is 64.7 Å². The van der Waals surface area contributed by atoms with E-state index < -0.39 is 11.6 Å². The summed E-state index contributed by atoms with van der Waals surface area (Å²) in [6.07, 6.45) is 0.222. The lowest BCUT2D eigenvalue weighted by Gasteiger charge is -2.20. The predicted molar refractivity (Wildman–Crippen MR) is 77.9 cm³/mol. The van der Waals surface area contributed by atoms with Gasteiger partial charge in [-0.05, 0) is 48.7 Å². The Balaban J connectivity index is 2.34. The van der Waals surface area contributed by atoms with Gasteiger partial charge < -0.3 is 4.74 Å². The second-order valence-electron chi connectivity index (χ2n) is 4.90. The standard InChI is InChI=1S/C16H18F2N2O/c1-10-3-5-13(16(7-10)21-2)15(20-19)9-11-8-12(17)4-6-14(11)18/h3-8,15,20H,9,19H2,1-2H3. The van der Waals surface area contributed by atoms with Gasteiger partial charge in [0.1, 0.15) is 17.4 Å². The number of nitrogens with two attached hydrogens (primary N) is 1. The number of hydrazine groups is 1. The molecule has 2 rings (SSSR count). The van der Waals surface area contributed by atoms with Crippen LogP contribution in [0.25, 0.3) is 0 Å². The number of ether oxygens (including phenoxy) is 1. The van der Waals surface area contributed by atoms with Crippen molar-refractivity contribution in [2.75, 3.05) is 7.11 Å². The van der Waals surface area contributed by atoms with Crippen LogP contribution in [0.4, 0.5) is 8.78 Å². The first-order chi connectivity index (χ1) is 10.0. The van der Waals surface area contributed by atoms with E-state index in [1.54, 1.807) is 7.11 Å². The third-order valence-corrected chi connectivity index (χ3v) is 3.40. The molecule has 2 aromatic carbocycles. The molecular formula is C16H18F2N2O. The molecule has 0 aromatic heterocycles. The van der Waals surface area contributed by atoms with E-state index in [0.29, 0.717) is 5.75 Å². The van der Waals surface area contributed by atoms with Gasteiger partial charge in [0.15, 0.2) is 0 Å². The van der Waals surface area contributed by atoms with E-state index in [0.717, 1.165) is 23.3 Å². The van der Waals surface area contributed by atoms with Crippen LogP contribution in [0.5, 0.6) is 5.75 Å². The summed E-state index contributed by atoms with van der Waals surface area (Å²) in [7, 11) is 1.56. The third-order valence-electron chi connectivity index (χ3n) is 3.40. The highest BCUT2D eigenvalue weighted by atomic mass is 19.1. The van der Waals surface area contributed by atoms with E-state index in [9.17, 15) is 8.78 Å². The molecule has 0 radical (unpaired) electrons. The Morgan fingerprint density at radius 2 is 1.95 bits per heavy atom. The fourth-order valence-corrected chi connectivity index (χ4v) is 2.28. The number of benzene rings is 2. The molecule has 0 saturated carbocycles. The Hall–Kier alpha value is -1.98. The molecule has 0 saturated heterocycles. The number of halogens is 2. The van der Waals surface area contributed by atoms with Crippen molar-refractivity contribution < 1.29 is 13.5 Å². The molecule has 0 aliphatic heterocycles. The average molecular weight is 292 g/mol. The van der Waals surface area contributed by atoms with Gasteiger partial charge in [-0.1, -0.05) is 12.1 Å². The van der Waals surface area contributed by atoms with Crippen molar-refractivity contribution in [1.82, 2.24) is 5.43 Å². The second-order valence-corrected chi connectivity index (χ2v) is 4.90. The van der Waals surface area contributed by atoms with Crippen molar-refractivity contribution in [2.24, 2.45) is 5.84 Å². The number of hydrogen-bond acceptors (Lipinski definition) is 3. The molecule has 112 valence electrons. The van der Waals surface area contributed by atoms with Crippen LogP contribution in [-0.4, -0.2) is 7.11 Å². The van der Waals surface area contributed by atoms with Gasteiger partial charge in [0.25, 0.3) is 0 Å². The maximum atomic E-state index is 13.8. The molecule has 0 spiro atoms. The van der Waals surface area contributed by atoms with Gasteiger partial charge in [0, 0.05) is 5.56 Å². The van der Waals surface area contributed by atoms with Crippen LogP contribution in [-0.2, 0) is 6.42 Å². The number of rotatable bonds is 5. The summed E-state index contributed by atoms with van der Waals surface area (Å²) in [6, 6.07) is 8.68. The van der Waals surface area contributed by atoms with Crippen LogP contribution < -0.4 is 16.0 Å². The second kappa shape index (κ2) is 6.65. The van der Waals surface area contributed by atoms with Crippen LogP contribution in [0.2, 0.25) is 0 Å². The Bertz CT molecular complexity index is 632. The minimum Gasteiger partial charge on any atom is -0.496 e. The fraction of sp³-hybridized carbons (Fsp3) is 0.250. The topological polar surface area (TPSA) is 47.3 Å². The summed E-state index contributed by atoms with van der Waals surface area (Å²) < 4.78 is 32.4. The van der Waals surface area contributed by atoms with Gasteiger partial charge in [-0.15, -0.1) is 0 Å².